The van der Waals surface area contributed by atoms with Gasteiger partial charge < -0.3 is 9.88 Å². The van der Waals surface area contributed by atoms with E-state index in [9.17, 15) is 4.79 Å². The first-order chi connectivity index (χ1) is 11.6. The molecule has 0 saturated carbocycles. The maximum Gasteiger partial charge on any atom is 0.240 e. The molecule has 3 aromatic rings. The van der Waals surface area contributed by atoms with Crippen molar-refractivity contribution in [2.75, 3.05) is 0 Å². The van der Waals surface area contributed by atoms with Crippen LogP contribution in [0.25, 0.3) is 10.9 Å². The summed E-state index contributed by atoms with van der Waals surface area (Å²) in [4.78, 5) is 12.3. The van der Waals surface area contributed by atoms with E-state index in [4.69, 9.17) is 5.26 Å². The van der Waals surface area contributed by atoms with Crippen LogP contribution in [0.1, 0.15) is 16.8 Å². The van der Waals surface area contributed by atoms with E-state index in [0.717, 1.165) is 26.6 Å². The van der Waals surface area contributed by atoms with Crippen molar-refractivity contribution >= 4 is 32.7 Å². The van der Waals surface area contributed by atoms with Gasteiger partial charge in [0.1, 0.15) is 6.54 Å². The summed E-state index contributed by atoms with van der Waals surface area (Å²) in [5.74, 6) is -0.0456. The van der Waals surface area contributed by atoms with Gasteiger partial charge in [-0.05, 0) is 46.6 Å². The number of amides is 1. The number of carbonyl (C=O) groups is 1. The zero-order valence-electron chi connectivity index (χ0n) is 13.2. The van der Waals surface area contributed by atoms with E-state index in [2.05, 4.69) is 27.3 Å². The highest BCUT2D eigenvalue weighted by Crippen LogP contribution is 2.30. The molecule has 0 saturated heterocycles. The summed E-state index contributed by atoms with van der Waals surface area (Å²) in [5.41, 5.74) is 3.65. The van der Waals surface area contributed by atoms with Gasteiger partial charge >= 0.3 is 0 Å². The van der Waals surface area contributed by atoms with E-state index < -0.39 is 0 Å². The number of rotatable bonds is 4. The lowest BCUT2D eigenvalue weighted by Gasteiger charge is -2.09. The highest BCUT2D eigenvalue weighted by Gasteiger charge is 2.13. The number of nitriles is 1. The van der Waals surface area contributed by atoms with Crippen LogP contribution in [0.5, 0.6) is 0 Å². The van der Waals surface area contributed by atoms with Crippen molar-refractivity contribution in [1.29, 1.82) is 5.26 Å². The predicted molar refractivity (Wildman–Crippen MR) is 97.4 cm³/mol. The Bertz CT molecular complexity index is 936. The fourth-order valence-electron chi connectivity index (χ4n) is 2.69. The summed E-state index contributed by atoms with van der Waals surface area (Å²) in [6.45, 7) is 2.72. The van der Waals surface area contributed by atoms with Crippen LogP contribution in [-0.2, 0) is 17.9 Å². The molecule has 1 heterocycles. The largest absolute Gasteiger partial charge is 0.350 e. The van der Waals surface area contributed by atoms with E-state index in [1.165, 1.54) is 0 Å². The minimum atomic E-state index is -0.0456. The molecule has 0 aliphatic rings. The molecule has 5 heteroatoms. The number of benzene rings is 2. The monoisotopic (exact) mass is 381 g/mol. The maximum absolute atomic E-state index is 12.3. The third kappa shape index (κ3) is 3.19. The van der Waals surface area contributed by atoms with Gasteiger partial charge in [-0.1, -0.05) is 30.3 Å². The number of fused-ring (bicyclic) bond motifs is 1. The first-order valence-corrected chi connectivity index (χ1v) is 8.38. The van der Waals surface area contributed by atoms with E-state index in [1.54, 1.807) is 12.1 Å². The van der Waals surface area contributed by atoms with Crippen LogP contribution in [0.3, 0.4) is 0 Å². The topological polar surface area (TPSA) is 57.8 Å². The SMILES string of the molecule is Cc1c(Br)c2ccccc2n1CC(=O)NCc1ccc(C#N)cc1. The molecule has 120 valence electrons. The van der Waals surface area contributed by atoms with Gasteiger partial charge in [0.05, 0.1) is 11.6 Å². The van der Waals surface area contributed by atoms with Crippen molar-refractivity contribution in [3.8, 4) is 6.07 Å². The number of carbonyl (C=O) groups excluding carboxylic acids is 1. The van der Waals surface area contributed by atoms with E-state index in [1.807, 2.05) is 47.9 Å². The number of aromatic nitrogens is 1. The summed E-state index contributed by atoms with van der Waals surface area (Å²) in [6, 6.07) is 17.3. The second-order valence-electron chi connectivity index (χ2n) is 5.59. The Labute approximate surface area is 148 Å². The van der Waals surface area contributed by atoms with Crippen molar-refractivity contribution < 1.29 is 4.79 Å². The summed E-state index contributed by atoms with van der Waals surface area (Å²) >= 11 is 3.60. The molecule has 1 N–H and O–H groups in total. The Hall–Kier alpha value is -2.58. The molecule has 3 rings (SSSR count). The summed E-state index contributed by atoms with van der Waals surface area (Å²) in [7, 11) is 0. The van der Waals surface area contributed by atoms with Crippen LogP contribution in [0.15, 0.2) is 53.0 Å². The summed E-state index contributed by atoms with van der Waals surface area (Å²) in [6.07, 6.45) is 0. The van der Waals surface area contributed by atoms with E-state index >= 15 is 0 Å². The molecule has 2 aromatic carbocycles. The fraction of sp³-hybridized carbons (Fsp3) is 0.158. The minimum Gasteiger partial charge on any atom is -0.350 e. The molecule has 4 nitrogen and oxygen atoms in total. The Morgan fingerprint density at radius 2 is 1.92 bits per heavy atom. The van der Waals surface area contributed by atoms with Crippen molar-refractivity contribution in [3.63, 3.8) is 0 Å². The smallest absolute Gasteiger partial charge is 0.240 e. The van der Waals surface area contributed by atoms with Crippen LogP contribution in [-0.4, -0.2) is 10.5 Å². The molecule has 0 bridgehead atoms. The summed E-state index contributed by atoms with van der Waals surface area (Å²) < 4.78 is 3.03. The number of nitrogens with one attached hydrogen (secondary N) is 1. The average Bonchev–Trinajstić information content (AvgIpc) is 2.86. The van der Waals surface area contributed by atoms with Gasteiger partial charge in [0.25, 0.3) is 0 Å². The predicted octanol–water partition coefficient (Wildman–Crippen LogP) is 3.90. The molecule has 0 aliphatic heterocycles. The third-order valence-electron chi connectivity index (χ3n) is 4.03. The minimum absolute atomic E-state index is 0.0456. The van der Waals surface area contributed by atoms with Crippen molar-refractivity contribution in [3.05, 3.63) is 69.8 Å². The zero-order chi connectivity index (χ0) is 17.1. The summed E-state index contributed by atoms with van der Waals surface area (Å²) in [5, 5.41) is 12.8. The third-order valence-corrected chi connectivity index (χ3v) is 5.03. The number of halogens is 1. The number of hydrogen-bond donors (Lipinski definition) is 1. The maximum atomic E-state index is 12.3. The molecule has 1 aromatic heterocycles. The lowest BCUT2D eigenvalue weighted by molar-refractivity contribution is -0.121. The second-order valence-corrected chi connectivity index (χ2v) is 6.38. The first kappa shape index (κ1) is 16.3. The zero-order valence-corrected chi connectivity index (χ0v) is 14.8. The van der Waals surface area contributed by atoms with Gasteiger partial charge in [-0.15, -0.1) is 0 Å². The quantitative estimate of drug-likeness (QED) is 0.744. The molecule has 0 spiro atoms. The van der Waals surface area contributed by atoms with Gasteiger partial charge in [-0.25, -0.2) is 0 Å². The van der Waals surface area contributed by atoms with Crippen LogP contribution >= 0.6 is 15.9 Å². The number of para-hydroxylation sites is 1. The fourth-order valence-corrected chi connectivity index (χ4v) is 3.24. The molecule has 0 radical (unpaired) electrons. The lowest BCUT2D eigenvalue weighted by atomic mass is 10.1. The normalized spacial score (nSPS) is 10.5. The number of hydrogen-bond acceptors (Lipinski definition) is 2. The highest BCUT2D eigenvalue weighted by molar-refractivity contribution is 9.10. The standard InChI is InChI=1S/C19H16BrN3O/c1-13-19(20)16-4-2-3-5-17(16)23(13)12-18(24)22-11-15-8-6-14(10-21)7-9-15/h2-9H,11-12H2,1H3,(H,22,24). The first-order valence-electron chi connectivity index (χ1n) is 7.59. The molecule has 0 unspecified atom stereocenters. The van der Waals surface area contributed by atoms with Gasteiger partial charge in [0, 0.05) is 27.6 Å². The van der Waals surface area contributed by atoms with Gasteiger partial charge in [-0.3, -0.25) is 4.79 Å². The van der Waals surface area contributed by atoms with Gasteiger partial charge in [0.2, 0.25) is 5.91 Å². The lowest BCUT2D eigenvalue weighted by Crippen LogP contribution is -2.27. The number of nitrogens with zero attached hydrogens (tertiary/aromatic N) is 2. The molecular formula is C19H16BrN3O. The molecule has 0 atom stereocenters. The van der Waals surface area contributed by atoms with Crippen LogP contribution < -0.4 is 5.32 Å². The molecule has 0 fully saturated rings. The van der Waals surface area contributed by atoms with Crippen molar-refractivity contribution in [2.24, 2.45) is 0 Å². The molecular weight excluding hydrogens is 366 g/mol. The van der Waals surface area contributed by atoms with Gasteiger partial charge in [0.15, 0.2) is 0 Å². The van der Waals surface area contributed by atoms with Crippen molar-refractivity contribution in [2.45, 2.75) is 20.0 Å². The van der Waals surface area contributed by atoms with Crippen LogP contribution in [0.2, 0.25) is 0 Å². The Kier molecular flexibility index (Phi) is 4.68. The highest BCUT2D eigenvalue weighted by atomic mass is 79.9. The Morgan fingerprint density at radius 3 is 2.62 bits per heavy atom. The second kappa shape index (κ2) is 6.90. The van der Waals surface area contributed by atoms with E-state index in [-0.39, 0.29) is 12.5 Å². The Balaban J connectivity index is 1.71. The Morgan fingerprint density at radius 1 is 1.21 bits per heavy atom. The molecule has 0 aliphatic carbocycles. The van der Waals surface area contributed by atoms with E-state index in [0.29, 0.717) is 12.1 Å². The van der Waals surface area contributed by atoms with Crippen LogP contribution in [0, 0.1) is 18.3 Å². The van der Waals surface area contributed by atoms with Crippen LogP contribution in [0.4, 0.5) is 0 Å². The molecule has 24 heavy (non-hydrogen) atoms. The average molecular weight is 382 g/mol. The molecule has 1 amide bonds. The van der Waals surface area contributed by atoms with Crippen molar-refractivity contribution in [1.82, 2.24) is 9.88 Å². The van der Waals surface area contributed by atoms with Gasteiger partial charge in [-0.2, -0.15) is 5.26 Å².